The molecule has 2 bridgehead atoms. The molecule has 0 unspecified atom stereocenters. The lowest BCUT2D eigenvalue weighted by Crippen LogP contribution is -2.38. The summed E-state index contributed by atoms with van der Waals surface area (Å²) in [6.45, 7) is 3.56. The van der Waals surface area contributed by atoms with Gasteiger partial charge < -0.3 is 25.0 Å². The Balaban J connectivity index is 1.41. The van der Waals surface area contributed by atoms with Crippen molar-refractivity contribution in [2.24, 2.45) is 5.92 Å². The van der Waals surface area contributed by atoms with E-state index in [1.807, 2.05) is 0 Å². The Bertz CT molecular complexity index is 1040. The fraction of sp³-hybridized carbons (Fsp3) is 0.571. The topological polar surface area (TPSA) is 89.6 Å². The van der Waals surface area contributed by atoms with Gasteiger partial charge in [-0.2, -0.15) is 18.2 Å². The first kappa shape index (κ1) is 20.0. The van der Waals surface area contributed by atoms with Gasteiger partial charge in [0.25, 0.3) is 0 Å². The SMILES string of the molecule is Nc1ncc(-c2cc(N3C[C@@H]4C[C@H]3CO4)nc(N3C[C@H]4CCO[C@H]4C3)n2)cc1C(F)(F)F. The highest BCUT2D eigenvalue weighted by Gasteiger charge is 2.42. The van der Waals surface area contributed by atoms with Crippen LogP contribution in [0.3, 0.4) is 0 Å². The van der Waals surface area contributed by atoms with Crippen molar-refractivity contribution in [1.29, 1.82) is 0 Å². The van der Waals surface area contributed by atoms with Crippen molar-refractivity contribution in [2.75, 3.05) is 48.4 Å². The zero-order valence-electron chi connectivity index (χ0n) is 17.3. The number of ether oxygens (including phenoxy) is 2. The monoisotopic (exact) mass is 448 g/mol. The second-order valence-electron chi connectivity index (χ2n) is 8.93. The number of rotatable bonds is 3. The largest absolute Gasteiger partial charge is 0.419 e. The summed E-state index contributed by atoms with van der Waals surface area (Å²) >= 11 is 0. The highest BCUT2D eigenvalue weighted by atomic mass is 19.4. The molecule has 4 aliphatic rings. The lowest BCUT2D eigenvalue weighted by Gasteiger charge is -2.29. The molecular weight excluding hydrogens is 425 g/mol. The van der Waals surface area contributed by atoms with Crippen molar-refractivity contribution in [3.8, 4) is 11.3 Å². The molecule has 2 aromatic heterocycles. The van der Waals surface area contributed by atoms with Crippen molar-refractivity contribution in [3.63, 3.8) is 0 Å². The van der Waals surface area contributed by atoms with Crippen molar-refractivity contribution < 1.29 is 22.6 Å². The van der Waals surface area contributed by atoms with Gasteiger partial charge in [-0.3, -0.25) is 0 Å². The second-order valence-corrected chi connectivity index (χ2v) is 8.93. The molecule has 8 nitrogen and oxygen atoms in total. The lowest BCUT2D eigenvalue weighted by atomic mass is 10.1. The van der Waals surface area contributed by atoms with Crippen LogP contribution in [0.2, 0.25) is 0 Å². The number of halogens is 3. The van der Waals surface area contributed by atoms with Gasteiger partial charge in [0.1, 0.15) is 11.6 Å². The molecule has 4 fully saturated rings. The van der Waals surface area contributed by atoms with Crippen LogP contribution in [0.5, 0.6) is 0 Å². The Hall–Kier alpha value is -2.66. The molecule has 2 N–H and O–H groups in total. The predicted molar refractivity (Wildman–Crippen MR) is 110 cm³/mol. The molecule has 32 heavy (non-hydrogen) atoms. The molecule has 0 saturated carbocycles. The molecule has 2 aromatic rings. The fourth-order valence-electron chi connectivity index (χ4n) is 5.22. The van der Waals surface area contributed by atoms with E-state index in [0.29, 0.717) is 43.1 Å². The molecule has 0 aliphatic carbocycles. The van der Waals surface area contributed by atoms with Gasteiger partial charge in [0.05, 0.1) is 36.1 Å². The number of pyridine rings is 1. The van der Waals surface area contributed by atoms with Crippen LogP contribution in [0, 0.1) is 5.92 Å². The van der Waals surface area contributed by atoms with Crippen LogP contribution in [0.25, 0.3) is 11.3 Å². The molecule has 170 valence electrons. The average Bonchev–Trinajstić information content (AvgIpc) is 3.53. The summed E-state index contributed by atoms with van der Waals surface area (Å²) in [5, 5.41) is 0. The Morgan fingerprint density at radius 3 is 2.69 bits per heavy atom. The Morgan fingerprint density at radius 2 is 1.97 bits per heavy atom. The van der Waals surface area contributed by atoms with Crippen LogP contribution in [-0.2, 0) is 15.7 Å². The third-order valence-electron chi connectivity index (χ3n) is 6.90. The summed E-state index contributed by atoms with van der Waals surface area (Å²) in [5.41, 5.74) is 5.18. The van der Waals surface area contributed by atoms with Gasteiger partial charge in [0.2, 0.25) is 5.95 Å². The molecule has 6 heterocycles. The average molecular weight is 448 g/mol. The van der Waals surface area contributed by atoms with Crippen LogP contribution in [0.1, 0.15) is 18.4 Å². The summed E-state index contributed by atoms with van der Waals surface area (Å²) in [4.78, 5) is 17.5. The number of nitrogen functional groups attached to an aromatic ring is 1. The summed E-state index contributed by atoms with van der Waals surface area (Å²) in [5.74, 6) is 1.08. The fourth-order valence-corrected chi connectivity index (χ4v) is 5.22. The van der Waals surface area contributed by atoms with Crippen molar-refractivity contribution in [2.45, 2.75) is 37.3 Å². The summed E-state index contributed by atoms with van der Waals surface area (Å²) in [6, 6.07) is 2.97. The van der Waals surface area contributed by atoms with Crippen LogP contribution in [0.4, 0.5) is 30.8 Å². The van der Waals surface area contributed by atoms with E-state index in [9.17, 15) is 13.2 Å². The van der Waals surface area contributed by atoms with E-state index >= 15 is 0 Å². The van der Waals surface area contributed by atoms with Crippen molar-refractivity contribution >= 4 is 17.6 Å². The maximum Gasteiger partial charge on any atom is 0.419 e. The first-order valence-corrected chi connectivity index (χ1v) is 10.8. The zero-order chi connectivity index (χ0) is 22.0. The molecule has 0 radical (unpaired) electrons. The van der Waals surface area contributed by atoms with Gasteiger partial charge in [0, 0.05) is 50.0 Å². The van der Waals surface area contributed by atoms with Crippen LogP contribution < -0.4 is 15.5 Å². The molecular formula is C21H23F3N6O2. The van der Waals surface area contributed by atoms with Gasteiger partial charge >= 0.3 is 6.18 Å². The summed E-state index contributed by atoms with van der Waals surface area (Å²) in [6.07, 6.45) is -1.02. The van der Waals surface area contributed by atoms with Crippen LogP contribution in [0.15, 0.2) is 18.3 Å². The van der Waals surface area contributed by atoms with Gasteiger partial charge in [0.15, 0.2) is 0 Å². The normalized spacial score (nSPS) is 29.2. The van der Waals surface area contributed by atoms with Crippen molar-refractivity contribution in [1.82, 2.24) is 15.0 Å². The van der Waals surface area contributed by atoms with E-state index in [1.165, 1.54) is 6.20 Å². The molecule has 6 rings (SSSR count). The molecule has 11 heteroatoms. The number of alkyl halides is 3. The Morgan fingerprint density at radius 1 is 1.09 bits per heavy atom. The molecule has 0 aromatic carbocycles. The first-order chi connectivity index (χ1) is 15.3. The van der Waals surface area contributed by atoms with Gasteiger partial charge in [-0.15, -0.1) is 0 Å². The second kappa shape index (κ2) is 7.17. The predicted octanol–water partition coefficient (Wildman–Crippen LogP) is 2.34. The van der Waals surface area contributed by atoms with Crippen LogP contribution >= 0.6 is 0 Å². The minimum atomic E-state index is -4.60. The zero-order valence-corrected chi connectivity index (χ0v) is 17.3. The van der Waals surface area contributed by atoms with E-state index in [2.05, 4.69) is 19.8 Å². The third kappa shape index (κ3) is 3.34. The van der Waals surface area contributed by atoms with Gasteiger partial charge in [-0.25, -0.2) is 9.97 Å². The lowest BCUT2D eigenvalue weighted by molar-refractivity contribution is -0.137. The third-order valence-corrected chi connectivity index (χ3v) is 6.90. The number of hydrogen-bond acceptors (Lipinski definition) is 8. The summed E-state index contributed by atoms with van der Waals surface area (Å²) < 4.78 is 51.8. The van der Waals surface area contributed by atoms with Gasteiger partial charge in [-0.05, 0) is 18.9 Å². The van der Waals surface area contributed by atoms with E-state index in [4.69, 9.17) is 20.2 Å². The minimum Gasteiger partial charge on any atom is -0.383 e. The number of fused-ring (bicyclic) bond motifs is 3. The van der Waals surface area contributed by atoms with E-state index in [1.54, 1.807) is 6.07 Å². The van der Waals surface area contributed by atoms with E-state index in [-0.39, 0.29) is 23.8 Å². The molecule has 4 atom stereocenters. The Labute approximate surface area is 182 Å². The van der Waals surface area contributed by atoms with Crippen molar-refractivity contribution in [3.05, 3.63) is 23.9 Å². The van der Waals surface area contributed by atoms with E-state index < -0.39 is 17.6 Å². The maximum absolute atomic E-state index is 13.4. The number of anilines is 3. The number of hydrogen-bond donors (Lipinski definition) is 1. The molecule has 4 aliphatic heterocycles. The highest BCUT2D eigenvalue weighted by Crippen LogP contribution is 2.38. The molecule has 0 amide bonds. The smallest absolute Gasteiger partial charge is 0.383 e. The van der Waals surface area contributed by atoms with Gasteiger partial charge in [-0.1, -0.05) is 0 Å². The quantitative estimate of drug-likeness (QED) is 0.766. The number of morpholine rings is 1. The standard InChI is InChI=1S/C21H23F3N6O2/c22-21(23,24)15-3-12(6-26-19(15)25)16-5-18(30-8-14-4-13(30)10-32-14)28-20(27-16)29-7-11-1-2-31-17(11)9-29/h3,5-6,11,13-14,17H,1-2,4,7-10H2,(H2,25,26)/t11-,13+,14+,17+/m1/s1. The summed E-state index contributed by atoms with van der Waals surface area (Å²) in [7, 11) is 0. The number of nitrogens with two attached hydrogens (primary N) is 1. The van der Waals surface area contributed by atoms with Crippen LogP contribution in [-0.4, -0.2) is 66.0 Å². The number of nitrogens with zero attached hydrogens (tertiary/aromatic N) is 5. The maximum atomic E-state index is 13.4. The highest BCUT2D eigenvalue weighted by molar-refractivity contribution is 5.67. The first-order valence-electron chi connectivity index (χ1n) is 10.8. The molecule has 4 saturated heterocycles. The minimum absolute atomic E-state index is 0.150. The van der Waals surface area contributed by atoms with E-state index in [0.717, 1.165) is 32.1 Å². The Kier molecular flexibility index (Phi) is 4.48. The number of aromatic nitrogens is 3. The molecule has 0 spiro atoms.